The molecular formula is C26H26N6O5. The maximum atomic E-state index is 13.3. The lowest BCUT2D eigenvalue weighted by atomic mass is 10.0. The molecule has 0 bridgehead atoms. The zero-order valence-corrected chi connectivity index (χ0v) is 20.2. The lowest BCUT2D eigenvalue weighted by Crippen LogP contribution is -2.50. The topological polar surface area (TPSA) is 147 Å². The van der Waals surface area contributed by atoms with E-state index in [2.05, 4.69) is 20.6 Å². The van der Waals surface area contributed by atoms with Crippen LogP contribution in [0, 0.1) is 6.92 Å². The fourth-order valence-electron chi connectivity index (χ4n) is 4.45. The number of hydrogen-bond donors (Lipinski definition) is 3. The highest BCUT2D eigenvalue weighted by Gasteiger charge is 2.43. The number of amides is 2. The Bertz CT molecular complexity index is 1400. The first-order valence-corrected chi connectivity index (χ1v) is 11.8. The van der Waals surface area contributed by atoms with Crippen LogP contribution in [0.1, 0.15) is 47.4 Å². The van der Waals surface area contributed by atoms with E-state index in [1.165, 1.54) is 4.90 Å². The molecule has 0 saturated heterocycles. The molecule has 3 N–H and O–H groups in total. The number of aliphatic hydroxyl groups is 2. The average molecular weight is 503 g/mol. The summed E-state index contributed by atoms with van der Waals surface area (Å²) in [7, 11) is 0. The molecule has 1 aliphatic rings. The van der Waals surface area contributed by atoms with Crippen molar-refractivity contribution in [3.8, 4) is 5.69 Å². The van der Waals surface area contributed by atoms with E-state index in [-0.39, 0.29) is 12.4 Å². The molecule has 5 rings (SSSR count). The van der Waals surface area contributed by atoms with Crippen LogP contribution in [0.15, 0.2) is 71.5 Å². The Kier molecular flexibility index (Phi) is 6.55. The van der Waals surface area contributed by atoms with Gasteiger partial charge < -0.3 is 25.0 Å². The van der Waals surface area contributed by atoms with Crippen LogP contribution < -0.4 is 5.32 Å². The van der Waals surface area contributed by atoms with Gasteiger partial charge in [-0.2, -0.15) is 10.1 Å². The Morgan fingerprint density at radius 1 is 1.08 bits per heavy atom. The summed E-state index contributed by atoms with van der Waals surface area (Å²) in [5.41, 5.74) is 3.25. The van der Waals surface area contributed by atoms with Crippen LogP contribution in [0.2, 0.25) is 0 Å². The van der Waals surface area contributed by atoms with E-state index in [0.29, 0.717) is 5.82 Å². The summed E-state index contributed by atoms with van der Waals surface area (Å²) in [6.45, 7) is 3.56. The maximum Gasteiger partial charge on any atom is 0.255 e. The Hall–Kier alpha value is -4.35. The first-order chi connectivity index (χ1) is 17.8. The van der Waals surface area contributed by atoms with Crippen molar-refractivity contribution in [1.82, 2.24) is 30.1 Å². The molecule has 1 aliphatic heterocycles. The van der Waals surface area contributed by atoms with Crippen molar-refractivity contribution in [2.24, 2.45) is 0 Å². The van der Waals surface area contributed by atoms with Gasteiger partial charge in [0, 0.05) is 18.9 Å². The van der Waals surface area contributed by atoms with Crippen LogP contribution >= 0.6 is 0 Å². The van der Waals surface area contributed by atoms with Gasteiger partial charge in [-0.05, 0) is 48.7 Å². The number of carbonyl (C=O) groups is 2. The summed E-state index contributed by atoms with van der Waals surface area (Å²) in [5.74, 6) is -1.10. The molecule has 0 radical (unpaired) electrons. The summed E-state index contributed by atoms with van der Waals surface area (Å²) >= 11 is 0. The number of hydrogen-bond acceptors (Lipinski definition) is 8. The molecule has 2 aromatic heterocycles. The number of rotatable bonds is 7. The molecule has 0 saturated carbocycles. The summed E-state index contributed by atoms with van der Waals surface area (Å²) in [4.78, 5) is 31.6. The Morgan fingerprint density at radius 2 is 1.84 bits per heavy atom. The number of benzene rings is 2. The van der Waals surface area contributed by atoms with Crippen molar-refractivity contribution in [2.75, 3.05) is 0 Å². The van der Waals surface area contributed by atoms with E-state index >= 15 is 0 Å². The predicted molar refractivity (Wildman–Crippen MR) is 130 cm³/mol. The second-order valence-corrected chi connectivity index (χ2v) is 8.91. The third kappa shape index (κ3) is 4.74. The lowest BCUT2D eigenvalue weighted by molar-refractivity contribution is -0.155. The zero-order chi connectivity index (χ0) is 26.1. The van der Waals surface area contributed by atoms with Crippen molar-refractivity contribution in [1.29, 1.82) is 0 Å². The third-order valence-electron chi connectivity index (χ3n) is 6.40. The van der Waals surface area contributed by atoms with E-state index in [4.69, 9.17) is 4.52 Å². The summed E-state index contributed by atoms with van der Waals surface area (Å²) in [6, 6.07) is 15.3. The standard InChI is InChI=1S/C26H26N6O5/c1-15(17-8-10-19(11-9-17)32-13-5-12-27-32)28-24(35)22(33)23(34)26(36)31-14-18-6-3-4-7-20(18)21(31)25-29-16(2)30-37-25/h3-13,15,21-23,33-34H,14H2,1-2H3,(H,28,35)/t15-,21?,22-,23-/m1/s1. The fraction of sp³-hybridized carbons (Fsp3) is 0.269. The number of nitrogens with zero attached hydrogens (tertiary/aromatic N) is 5. The molecule has 2 amide bonds. The van der Waals surface area contributed by atoms with Crippen LogP contribution in [0.4, 0.5) is 0 Å². The minimum Gasteiger partial charge on any atom is -0.380 e. The summed E-state index contributed by atoms with van der Waals surface area (Å²) < 4.78 is 7.03. The first kappa shape index (κ1) is 24.3. The van der Waals surface area contributed by atoms with E-state index in [9.17, 15) is 19.8 Å². The quantitative estimate of drug-likeness (QED) is 0.345. The van der Waals surface area contributed by atoms with E-state index in [1.807, 2.05) is 60.8 Å². The number of aryl methyl sites for hydroxylation is 1. The van der Waals surface area contributed by atoms with Gasteiger partial charge in [-0.1, -0.05) is 41.6 Å². The molecule has 4 atom stereocenters. The van der Waals surface area contributed by atoms with Gasteiger partial charge >= 0.3 is 0 Å². The molecule has 37 heavy (non-hydrogen) atoms. The fourth-order valence-corrected chi connectivity index (χ4v) is 4.45. The summed E-state index contributed by atoms with van der Waals surface area (Å²) in [5, 5.41) is 31.9. The van der Waals surface area contributed by atoms with Crippen molar-refractivity contribution >= 4 is 11.8 Å². The van der Waals surface area contributed by atoms with E-state index in [1.54, 1.807) is 24.7 Å². The smallest absolute Gasteiger partial charge is 0.255 e. The van der Waals surface area contributed by atoms with Gasteiger partial charge in [-0.3, -0.25) is 9.59 Å². The summed E-state index contributed by atoms with van der Waals surface area (Å²) in [6.07, 6.45) is -0.475. The van der Waals surface area contributed by atoms with Gasteiger partial charge in [0.1, 0.15) is 6.04 Å². The van der Waals surface area contributed by atoms with Crippen molar-refractivity contribution < 1.29 is 24.3 Å². The zero-order valence-electron chi connectivity index (χ0n) is 20.2. The third-order valence-corrected chi connectivity index (χ3v) is 6.40. The average Bonchev–Trinajstić information content (AvgIpc) is 3.67. The number of aromatic nitrogens is 4. The number of carbonyl (C=O) groups excluding carboxylic acids is 2. The normalized spacial score (nSPS) is 17.2. The predicted octanol–water partition coefficient (Wildman–Crippen LogP) is 1.59. The van der Waals surface area contributed by atoms with E-state index < -0.39 is 36.1 Å². The Morgan fingerprint density at radius 3 is 2.51 bits per heavy atom. The van der Waals surface area contributed by atoms with Crippen LogP contribution in [0.5, 0.6) is 0 Å². The molecule has 0 aliphatic carbocycles. The highest BCUT2D eigenvalue weighted by molar-refractivity contribution is 5.91. The number of nitrogens with one attached hydrogen (secondary N) is 1. The number of fused-ring (bicyclic) bond motifs is 1. The van der Waals surface area contributed by atoms with Crippen LogP contribution in [-0.2, 0) is 16.1 Å². The van der Waals surface area contributed by atoms with Crippen LogP contribution in [0.25, 0.3) is 5.69 Å². The maximum absolute atomic E-state index is 13.3. The molecule has 2 aromatic carbocycles. The van der Waals surface area contributed by atoms with Gasteiger partial charge in [0.15, 0.2) is 18.0 Å². The van der Waals surface area contributed by atoms with Crippen LogP contribution in [-0.4, -0.2) is 59.1 Å². The second kappa shape index (κ2) is 9.96. The highest BCUT2D eigenvalue weighted by atomic mass is 16.5. The number of aliphatic hydroxyl groups excluding tert-OH is 2. The SMILES string of the molecule is Cc1noc(C2c3ccccc3CN2C(=O)[C@H](O)[C@@H](O)C(=O)N[C@H](C)c2ccc(-n3cccn3)cc2)n1. The minimum atomic E-state index is -1.99. The Balaban J connectivity index is 1.27. The van der Waals surface area contributed by atoms with Gasteiger partial charge in [-0.15, -0.1) is 0 Å². The van der Waals surface area contributed by atoms with Gasteiger partial charge in [-0.25, -0.2) is 4.68 Å². The minimum absolute atomic E-state index is 0.158. The Labute approximate surface area is 212 Å². The van der Waals surface area contributed by atoms with Crippen molar-refractivity contribution in [3.05, 3.63) is 95.4 Å². The second-order valence-electron chi connectivity index (χ2n) is 8.91. The van der Waals surface area contributed by atoms with Crippen LogP contribution in [0.3, 0.4) is 0 Å². The lowest BCUT2D eigenvalue weighted by Gasteiger charge is -2.27. The molecule has 0 spiro atoms. The molecule has 0 fully saturated rings. The monoisotopic (exact) mass is 502 g/mol. The molecule has 4 aromatic rings. The van der Waals surface area contributed by atoms with E-state index in [0.717, 1.165) is 22.4 Å². The molecule has 11 heteroatoms. The highest BCUT2D eigenvalue weighted by Crippen LogP contribution is 2.38. The molecule has 11 nitrogen and oxygen atoms in total. The van der Waals surface area contributed by atoms with Gasteiger partial charge in [0.25, 0.3) is 17.7 Å². The van der Waals surface area contributed by atoms with Crippen molar-refractivity contribution in [3.63, 3.8) is 0 Å². The molecule has 190 valence electrons. The largest absolute Gasteiger partial charge is 0.380 e. The van der Waals surface area contributed by atoms with Gasteiger partial charge in [0.05, 0.1) is 11.7 Å². The van der Waals surface area contributed by atoms with Crippen molar-refractivity contribution in [2.45, 2.75) is 44.7 Å². The first-order valence-electron chi connectivity index (χ1n) is 11.8. The molecule has 3 heterocycles. The van der Waals surface area contributed by atoms with Gasteiger partial charge in [0.2, 0.25) is 0 Å². The molecular weight excluding hydrogens is 476 g/mol. The molecule has 1 unspecified atom stereocenters.